The zero-order valence-corrected chi connectivity index (χ0v) is 19.1. The Bertz CT molecular complexity index is 1580. The molecule has 3 aromatic heterocycles. The van der Waals surface area contributed by atoms with Crippen LogP contribution < -0.4 is 5.73 Å². The summed E-state index contributed by atoms with van der Waals surface area (Å²) in [5, 5.41) is 30.5. The Kier molecular flexibility index (Phi) is 6.32. The summed E-state index contributed by atoms with van der Waals surface area (Å²) in [5.41, 5.74) is 3.65. The molecule has 0 fully saturated rings. The molecule has 1 aromatic carbocycles. The molecule has 0 aliphatic carbocycles. The summed E-state index contributed by atoms with van der Waals surface area (Å²) in [4.78, 5) is 17.3. The fourth-order valence-electron chi connectivity index (χ4n) is 3.33. The monoisotopic (exact) mass is 549 g/mol. The Balaban J connectivity index is 0.000000587. The molecule has 0 bridgehead atoms. The van der Waals surface area contributed by atoms with Gasteiger partial charge in [0.2, 0.25) is 5.60 Å². The lowest BCUT2D eigenvalue weighted by molar-refractivity contribution is -0.277. The summed E-state index contributed by atoms with van der Waals surface area (Å²) in [6.07, 6.45) is -6.10. The average Bonchev–Trinajstić information content (AvgIpc) is 3.51. The van der Waals surface area contributed by atoms with Crippen LogP contribution in [-0.2, 0) is 17.4 Å². The van der Waals surface area contributed by atoms with E-state index < -0.39 is 43.1 Å². The van der Waals surface area contributed by atoms with Gasteiger partial charge in [0.25, 0.3) is 0 Å². The van der Waals surface area contributed by atoms with Gasteiger partial charge in [-0.1, -0.05) is 12.1 Å². The molecule has 4 aromatic rings. The van der Waals surface area contributed by atoms with E-state index >= 15 is 0 Å². The molecule has 0 saturated heterocycles. The van der Waals surface area contributed by atoms with Crippen molar-refractivity contribution in [2.45, 2.75) is 24.9 Å². The number of fused-ring (bicyclic) bond motifs is 1. The molecule has 16 heteroatoms. The van der Waals surface area contributed by atoms with Crippen molar-refractivity contribution in [3.63, 3.8) is 0 Å². The number of aliphatic hydroxyl groups is 2. The largest absolute Gasteiger partial charge is 0.490 e. The first-order chi connectivity index (χ1) is 18.7. The minimum Gasteiger partial charge on any atom is -0.475 e. The van der Waals surface area contributed by atoms with Crippen molar-refractivity contribution in [3.05, 3.63) is 54.0 Å². The molecule has 0 aliphatic heterocycles. The van der Waals surface area contributed by atoms with Gasteiger partial charge in [-0.05, 0) is 30.2 Å². The predicted octanol–water partition coefficient (Wildman–Crippen LogP) is 3.06. The molecule has 0 aliphatic rings. The second-order valence-corrected chi connectivity index (χ2v) is 7.83. The van der Waals surface area contributed by atoms with Crippen molar-refractivity contribution in [1.29, 1.82) is 0 Å². The maximum Gasteiger partial charge on any atom is 0.490 e. The van der Waals surface area contributed by atoms with Crippen LogP contribution in [0.4, 0.5) is 32.2 Å². The van der Waals surface area contributed by atoms with Gasteiger partial charge in [-0.25, -0.2) is 14.8 Å². The second kappa shape index (κ2) is 9.94. The van der Waals surface area contributed by atoms with Crippen LogP contribution in [-0.4, -0.2) is 64.4 Å². The highest BCUT2D eigenvalue weighted by Gasteiger charge is 2.54. The quantitative estimate of drug-likeness (QED) is 0.284. The number of aromatic nitrogens is 5. The Morgan fingerprint density at radius 3 is 2.37 bits per heavy atom. The van der Waals surface area contributed by atoms with Crippen LogP contribution in [0.3, 0.4) is 0 Å². The van der Waals surface area contributed by atoms with E-state index in [0.29, 0.717) is 11.3 Å². The van der Waals surface area contributed by atoms with E-state index in [0.717, 1.165) is 16.8 Å². The number of aliphatic carboxylic acids is 1. The Labute approximate surface area is 213 Å². The number of hydrogen-bond acceptors (Lipinski definition) is 7. The molecule has 204 valence electrons. The summed E-state index contributed by atoms with van der Waals surface area (Å²) < 4.78 is 97.5. The van der Waals surface area contributed by atoms with Gasteiger partial charge in [0.1, 0.15) is 5.69 Å². The van der Waals surface area contributed by atoms with E-state index in [9.17, 15) is 36.6 Å². The number of imidazole rings is 1. The van der Waals surface area contributed by atoms with Crippen molar-refractivity contribution in [2.75, 3.05) is 12.3 Å². The number of carbonyl (C=O) groups is 1. The third kappa shape index (κ3) is 5.26. The second-order valence-electron chi connectivity index (χ2n) is 7.83. The SMILES string of the molecule is O=C(O)C(F)(F)F.[2H]C([2H])([2H])n1nccc1-c1cn2c(-c3cc(C(O)(CO)C(F)(F)F)ccc3C)cnc2c(N)n1. The number of nitrogen functional groups attached to an aromatic ring is 1. The first-order valence-corrected chi connectivity index (χ1v) is 10.2. The molecule has 38 heavy (non-hydrogen) atoms. The number of alkyl halides is 6. The zero-order chi connectivity index (χ0) is 31.1. The van der Waals surface area contributed by atoms with Gasteiger partial charge in [0, 0.05) is 29.0 Å². The maximum atomic E-state index is 13.5. The van der Waals surface area contributed by atoms with E-state index in [2.05, 4.69) is 15.1 Å². The topological polar surface area (TPSA) is 152 Å². The molecule has 10 nitrogen and oxygen atoms in total. The number of nitrogens with two attached hydrogens (primary N) is 1. The van der Waals surface area contributed by atoms with Gasteiger partial charge in [-0.15, -0.1) is 0 Å². The number of halogens is 6. The summed E-state index contributed by atoms with van der Waals surface area (Å²) in [6, 6.07) is 5.02. The van der Waals surface area contributed by atoms with Crippen LogP contribution in [0, 0.1) is 6.92 Å². The van der Waals surface area contributed by atoms with Crippen LogP contribution in [0.15, 0.2) is 42.9 Å². The van der Waals surface area contributed by atoms with Gasteiger partial charge in [0.05, 0.1) is 24.2 Å². The number of carboxylic acids is 1. The number of hydrogen-bond donors (Lipinski definition) is 4. The van der Waals surface area contributed by atoms with Crippen LogP contribution in [0.5, 0.6) is 0 Å². The number of aryl methyl sites for hydroxylation is 2. The molecular weight excluding hydrogens is 526 g/mol. The zero-order valence-electron chi connectivity index (χ0n) is 22.1. The van der Waals surface area contributed by atoms with Crippen molar-refractivity contribution in [1.82, 2.24) is 24.1 Å². The predicted molar refractivity (Wildman–Crippen MR) is 121 cm³/mol. The number of benzene rings is 1. The lowest BCUT2D eigenvalue weighted by Crippen LogP contribution is -2.45. The molecule has 1 atom stereocenters. The normalized spacial score (nSPS) is 15.1. The number of anilines is 1. The molecule has 4 rings (SSSR count). The van der Waals surface area contributed by atoms with Crippen LogP contribution in [0.2, 0.25) is 0 Å². The molecule has 0 radical (unpaired) electrons. The minimum atomic E-state index is -5.12. The van der Waals surface area contributed by atoms with Crippen LogP contribution in [0.25, 0.3) is 28.3 Å². The van der Waals surface area contributed by atoms with Crippen LogP contribution in [0.1, 0.15) is 15.2 Å². The van der Waals surface area contributed by atoms with E-state index in [1.165, 1.54) is 35.1 Å². The van der Waals surface area contributed by atoms with Crippen molar-refractivity contribution in [2.24, 2.45) is 6.98 Å². The lowest BCUT2D eigenvalue weighted by atomic mass is 9.90. The molecule has 0 spiro atoms. The van der Waals surface area contributed by atoms with Crippen molar-refractivity contribution >= 4 is 17.4 Å². The Morgan fingerprint density at radius 1 is 1.16 bits per heavy atom. The van der Waals surface area contributed by atoms with Gasteiger partial charge in [-0.2, -0.15) is 31.4 Å². The summed E-state index contributed by atoms with van der Waals surface area (Å²) in [5.74, 6) is -2.80. The van der Waals surface area contributed by atoms with Crippen molar-refractivity contribution in [3.8, 4) is 22.6 Å². The first kappa shape index (κ1) is 24.2. The standard InChI is InChI=1S/C20H19F3N6O2.C2HF3O2/c1-11-3-4-12(19(31,10-30)20(21,22)23)7-13(11)16-8-25-18-17(24)27-14(9-29(16)18)15-5-6-26-28(15)2;3-2(4,5)1(6)7/h3-9,30-31H,10H2,1-2H3,(H2,24,27);(H,6,7)/i2D3;. The highest BCUT2D eigenvalue weighted by atomic mass is 19.4. The van der Waals surface area contributed by atoms with Gasteiger partial charge >= 0.3 is 18.3 Å². The van der Waals surface area contributed by atoms with E-state index in [4.69, 9.17) is 19.7 Å². The smallest absolute Gasteiger partial charge is 0.475 e. The molecule has 5 N–H and O–H groups in total. The number of aliphatic hydroxyl groups excluding tert-OH is 1. The highest BCUT2D eigenvalue weighted by Crippen LogP contribution is 2.40. The fraction of sp³-hybridized carbons (Fsp3) is 0.273. The summed E-state index contributed by atoms with van der Waals surface area (Å²) in [7, 11) is 0. The molecule has 0 saturated carbocycles. The molecule has 3 heterocycles. The fourth-order valence-corrected chi connectivity index (χ4v) is 3.33. The molecule has 0 amide bonds. The Morgan fingerprint density at radius 2 is 1.82 bits per heavy atom. The molecule has 1 unspecified atom stereocenters. The van der Waals surface area contributed by atoms with Gasteiger partial charge in [0.15, 0.2) is 11.5 Å². The number of carboxylic acid groups (broad SMARTS) is 1. The average molecular weight is 549 g/mol. The van der Waals surface area contributed by atoms with E-state index in [1.54, 1.807) is 6.92 Å². The van der Waals surface area contributed by atoms with Gasteiger partial charge in [-0.3, -0.25) is 9.08 Å². The third-order valence-electron chi connectivity index (χ3n) is 5.35. The molecular formula is C22H20F6N6O4. The van der Waals surface area contributed by atoms with Gasteiger partial charge < -0.3 is 21.1 Å². The maximum absolute atomic E-state index is 13.5. The Hall–Kier alpha value is -4.18. The summed E-state index contributed by atoms with van der Waals surface area (Å²) >= 11 is 0. The van der Waals surface area contributed by atoms with Crippen LogP contribution >= 0.6 is 0 Å². The number of nitrogens with zero attached hydrogens (tertiary/aromatic N) is 5. The summed E-state index contributed by atoms with van der Waals surface area (Å²) in [6.45, 7) is -2.50. The lowest BCUT2D eigenvalue weighted by Gasteiger charge is -2.29. The van der Waals surface area contributed by atoms with Crippen molar-refractivity contribution < 1.29 is 50.6 Å². The van der Waals surface area contributed by atoms with E-state index in [1.807, 2.05) is 0 Å². The number of rotatable bonds is 4. The minimum absolute atomic E-state index is 0.0435. The first-order valence-electron chi connectivity index (χ1n) is 11.7. The highest BCUT2D eigenvalue weighted by molar-refractivity contribution is 5.74. The third-order valence-corrected chi connectivity index (χ3v) is 5.35. The van der Waals surface area contributed by atoms with E-state index in [-0.39, 0.29) is 28.4 Å².